The first kappa shape index (κ1) is 13.2. The minimum Gasteiger partial charge on any atom is -0.493 e. The van der Waals surface area contributed by atoms with Crippen LogP contribution in [0.2, 0.25) is 0 Å². The first-order valence-corrected chi connectivity index (χ1v) is 7.10. The van der Waals surface area contributed by atoms with Gasteiger partial charge in [-0.1, -0.05) is 12.1 Å². The maximum absolute atomic E-state index is 5.54. The van der Waals surface area contributed by atoms with Crippen LogP contribution in [0.1, 0.15) is 28.5 Å². The molecule has 0 bridgehead atoms. The predicted octanol–water partition coefficient (Wildman–Crippen LogP) is 2.56. The Morgan fingerprint density at radius 3 is 3.00 bits per heavy atom. The normalized spacial score (nSPS) is 13.3. The van der Waals surface area contributed by atoms with E-state index < -0.39 is 0 Å². The monoisotopic (exact) mass is 272 g/mol. The van der Waals surface area contributed by atoms with Gasteiger partial charge in [0, 0.05) is 6.42 Å². The van der Waals surface area contributed by atoms with Crippen LogP contribution in [0, 0.1) is 13.8 Å². The van der Waals surface area contributed by atoms with E-state index in [0.29, 0.717) is 6.54 Å². The summed E-state index contributed by atoms with van der Waals surface area (Å²) in [4.78, 5) is 4.36. The second-order valence-electron chi connectivity index (χ2n) is 5.22. The maximum atomic E-state index is 5.54. The molecule has 1 aromatic carbocycles. The van der Waals surface area contributed by atoms with Gasteiger partial charge >= 0.3 is 0 Å². The average Bonchev–Trinajstić information content (AvgIpc) is 3.02. The Bertz CT molecular complexity index is 585. The zero-order valence-corrected chi connectivity index (χ0v) is 12.0. The molecule has 1 N–H and O–H groups in total. The van der Waals surface area contributed by atoms with E-state index in [1.165, 1.54) is 11.1 Å². The third kappa shape index (κ3) is 2.85. The molecule has 1 aliphatic rings. The van der Waals surface area contributed by atoms with Gasteiger partial charge in [0.15, 0.2) is 0 Å². The number of hydrogen-bond acceptors (Lipinski definition) is 4. The molecular formula is C16H20N2O2. The van der Waals surface area contributed by atoms with E-state index in [1.807, 2.05) is 13.8 Å². The van der Waals surface area contributed by atoms with E-state index in [1.54, 1.807) is 0 Å². The van der Waals surface area contributed by atoms with Gasteiger partial charge in [-0.15, -0.1) is 0 Å². The van der Waals surface area contributed by atoms with E-state index >= 15 is 0 Å². The molecule has 0 fully saturated rings. The van der Waals surface area contributed by atoms with E-state index in [-0.39, 0.29) is 0 Å². The van der Waals surface area contributed by atoms with Crippen LogP contribution in [0.15, 0.2) is 22.6 Å². The maximum Gasteiger partial charge on any atom is 0.208 e. The summed E-state index contributed by atoms with van der Waals surface area (Å²) in [5.74, 6) is 2.72. The number of fused-ring (bicyclic) bond motifs is 1. The molecule has 0 saturated heterocycles. The molecule has 4 heteroatoms. The molecule has 0 spiro atoms. The lowest BCUT2D eigenvalue weighted by Gasteiger charge is -2.05. The van der Waals surface area contributed by atoms with Gasteiger partial charge in [0.2, 0.25) is 5.89 Å². The summed E-state index contributed by atoms with van der Waals surface area (Å²) in [6.45, 7) is 6.33. The van der Waals surface area contributed by atoms with Gasteiger partial charge in [0.25, 0.3) is 0 Å². The van der Waals surface area contributed by atoms with Gasteiger partial charge in [-0.3, -0.25) is 0 Å². The summed E-state index contributed by atoms with van der Waals surface area (Å²) in [6, 6.07) is 6.48. The van der Waals surface area contributed by atoms with Gasteiger partial charge in [-0.25, -0.2) is 4.98 Å². The summed E-state index contributed by atoms with van der Waals surface area (Å²) in [7, 11) is 0. The van der Waals surface area contributed by atoms with Crippen molar-refractivity contribution >= 4 is 0 Å². The van der Waals surface area contributed by atoms with Gasteiger partial charge in [0.1, 0.15) is 11.5 Å². The van der Waals surface area contributed by atoms with Crippen molar-refractivity contribution in [1.29, 1.82) is 0 Å². The number of nitrogens with one attached hydrogen (secondary N) is 1. The fraction of sp³-hybridized carbons (Fsp3) is 0.438. The fourth-order valence-corrected chi connectivity index (χ4v) is 2.44. The third-order valence-corrected chi connectivity index (χ3v) is 3.69. The lowest BCUT2D eigenvalue weighted by atomic mass is 10.1. The number of hydrogen-bond donors (Lipinski definition) is 1. The lowest BCUT2D eigenvalue weighted by Crippen LogP contribution is -2.16. The van der Waals surface area contributed by atoms with Crippen molar-refractivity contribution in [3.05, 3.63) is 46.7 Å². The molecule has 0 unspecified atom stereocenters. The topological polar surface area (TPSA) is 47.3 Å². The van der Waals surface area contributed by atoms with E-state index in [2.05, 4.69) is 28.5 Å². The van der Waals surface area contributed by atoms with E-state index in [0.717, 1.165) is 49.1 Å². The largest absolute Gasteiger partial charge is 0.493 e. The highest BCUT2D eigenvalue weighted by molar-refractivity contribution is 5.39. The molecule has 4 nitrogen and oxygen atoms in total. The second-order valence-corrected chi connectivity index (χ2v) is 5.22. The second kappa shape index (κ2) is 5.67. The summed E-state index contributed by atoms with van der Waals surface area (Å²) < 4.78 is 11.1. The highest BCUT2D eigenvalue weighted by atomic mass is 16.5. The van der Waals surface area contributed by atoms with Crippen LogP contribution in [-0.4, -0.2) is 18.1 Å². The molecule has 0 aliphatic carbocycles. The predicted molar refractivity (Wildman–Crippen MR) is 77.0 cm³/mol. The molecule has 0 atom stereocenters. The lowest BCUT2D eigenvalue weighted by molar-refractivity contribution is 0.357. The van der Waals surface area contributed by atoms with Crippen molar-refractivity contribution in [2.24, 2.45) is 0 Å². The van der Waals surface area contributed by atoms with Gasteiger partial charge < -0.3 is 14.5 Å². The zero-order valence-electron chi connectivity index (χ0n) is 12.0. The quantitative estimate of drug-likeness (QED) is 0.850. The van der Waals surface area contributed by atoms with E-state index in [9.17, 15) is 0 Å². The van der Waals surface area contributed by atoms with Crippen molar-refractivity contribution in [3.63, 3.8) is 0 Å². The highest BCUT2D eigenvalue weighted by Crippen LogP contribution is 2.25. The Hall–Kier alpha value is -1.81. The van der Waals surface area contributed by atoms with Crippen molar-refractivity contribution in [1.82, 2.24) is 10.3 Å². The van der Waals surface area contributed by atoms with Gasteiger partial charge in [0.05, 0.1) is 18.8 Å². The summed E-state index contributed by atoms with van der Waals surface area (Å²) in [5, 5.41) is 3.37. The zero-order chi connectivity index (χ0) is 13.9. The number of oxazole rings is 1. The number of rotatable bonds is 5. The Labute approximate surface area is 119 Å². The average molecular weight is 272 g/mol. The molecule has 3 rings (SSSR count). The number of ether oxygens (including phenoxy) is 1. The molecule has 20 heavy (non-hydrogen) atoms. The summed E-state index contributed by atoms with van der Waals surface area (Å²) >= 11 is 0. The summed E-state index contributed by atoms with van der Waals surface area (Å²) in [6.07, 6.45) is 2.04. The molecule has 0 saturated carbocycles. The Morgan fingerprint density at radius 2 is 2.20 bits per heavy atom. The Kier molecular flexibility index (Phi) is 3.74. The molecule has 1 aliphatic heterocycles. The smallest absolute Gasteiger partial charge is 0.208 e. The third-order valence-electron chi connectivity index (χ3n) is 3.69. The number of nitrogens with zero attached hydrogens (tertiary/aromatic N) is 1. The van der Waals surface area contributed by atoms with Gasteiger partial charge in [-0.05, 0) is 44.0 Å². The molecule has 0 amide bonds. The Morgan fingerprint density at radius 1 is 1.30 bits per heavy atom. The van der Waals surface area contributed by atoms with Gasteiger partial charge in [-0.2, -0.15) is 0 Å². The van der Waals surface area contributed by atoms with Crippen LogP contribution >= 0.6 is 0 Å². The number of benzene rings is 1. The van der Waals surface area contributed by atoms with E-state index in [4.69, 9.17) is 9.15 Å². The number of aryl methyl sites for hydroxylation is 2. The van der Waals surface area contributed by atoms with Crippen LogP contribution < -0.4 is 10.1 Å². The Balaban J connectivity index is 1.48. The SMILES string of the molecule is Cc1nc(CNCCc2ccc3c(c2)CCO3)oc1C. The molecule has 2 aromatic rings. The molecule has 1 aromatic heterocycles. The van der Waals surface area contributed by atoms with Crippen LogP contribution in [0.3, 0.4) is 0 Å². The van der Waals surface area contributed by atoms with Crippen LogP contribution in [-0.2, 0) is 19.4 Å². The molecule has 0 radical (unpaired) electrons. The minimum atomic E-state index is 0.683. The summed E-state index contributed by atoms with van der Waals surface area (Å²) in [5.41, 5.74) is 3.66. The van der Waals surface area contributed by atoms with Crippen molar-refractivity contribution < 1.29 is 9.15 Å². The van der Waals surface area contributed by atoms with Crippen LogP contribution in [0.5, 0.6) is 5.75 Å². The highest BCUT2D eigenvalue weighted by Gasteiger charge is 2.11. The molecule has 106 valence electrons. The first-order valence-electron chi connectivity index (χ1n) is 7.10. The van der Waals surface area contributed by atoms with Crippen LogP contribution in [0.25, 0.3) is 0 Å². The first-order chi connectivity index (χ1) is 9.72. The molecular weight excluding hydrogens is 252 g/mol. The van der Waals surface area contributed by atoms with Crippen molar-refractivity contribution in [2.75, 3.05) is 13.2 Å². The molecule has 2 heterocycles. The minimum absolute atomic E-state index is 0.683. The van der Waals surface area contributed by atoms with Crippen molar-refractivity contribution in [3.8, 4) is 5.75 Å². The fourth-order valence-electron chi connectivity index (χ4n) is 2.44. The van der Waals surface area contributed by atoms with Crippen LogP contribution in [0.4, 0.5) is 0 Å². The number of aromatic nitrogens is 1. The standard InChI is InChI=1S/C16H20N2O2/c1-11-12(2)20-16(18-11)10-17-7-5-13-3-4-15-14(9-13)6-8-19-15/h3-4,9,17H,5-8,10H2,1-2H3. The van der Waals surface area contributed by atoms with Crippen molar-refractivity contribution in [2.45, 2.75) is 33.2 Å².